The molecule has 1 aromatic heterocycles. The van der Waals surface area contributed by atoms with Crippen LogP contribution in [0.3, 0.4) is 0 Å². The molecular formula is C13H12F3NO3. The van der Waals surface area contributed by atoms with Gasteiger partial charge in [-0.05, 0) is 24.3 Å². The zero-order valence-electron chi connectivity index (χ0n) is 10.3. The van der Waals surface area contributed by atoms with Gasteiger partial charge >= 0.3 is 6.36 Å². The largest absolute Gasteiger partial charge is 0.573 e. The lowest BCUT2D eigenvalue weighted by atomic mass is 10.3. The second-order valence-electron chi connectivity index (χ2n) is 3.86. The average Bonchev–Trinajstić information content (AvgIpc) is 2.84. The molecular weight excluding hydrogens is 275 g/mol. The van der Waals surface area contributed by atoms with Crippen molar-refractivity contribution < 1.29 is 27.1 Å². The number of ether oxygens (including phenoxy) is 2. The predicted molar refractivity (Wildman–Crippen MR) is 64.1 cm³/mol. The lowest BCUT2D eigenvalue weighted by molar-refractivity contribution is -0.275. The lowest BCUT2D eigenvalue weighted by Crippen LogP contribution is -2.17. The van der Waals surface area contributed by atoms with E-state index in [-0.39, 0.29) is 18.9 Å². The van der Waals surface area contributed by atoms with Crippen LogP contribution in [-0.4, -0.2) is 6.36 Å². The van der Waals surface area contributed by atoms with E-state index in [4.69, 9.17) is 14.9 Å². The molecule has 2 rings (SSSR count). The van der Waals surface area contributed by atoms with Gasteiger partial charge in [-0.2, -0.15) is 0 Å². The van der Waals surface area contributed by atoms with Crippen molar-refractivity contribution in [2.24, 2.45) is 5.73 Å². The third kappa shape index (κ3) is 3.92. The van der Waals surface area contributed by atoms with Gasteiger partial charge in [-0.25, -0.2) is 0 Å². The number of nitrogens with two attached hydrogens (primary N) is 1. The van der Waals surface area contributed by atoms with Gasteiger partial charge in [0.2, 0.25) is 0 Å². The molecule has 0 amide bonds. The maximum Gasteiger partial charge on any atom is 0.573 e. The van der Waals surface area contributed by atoms with Crippen LogP contribution in [0.1, 0.15) is 11.5 Å². The Morgan fingerprint density at radius 2 is 1.65 bits per heavy atom. The van der Waals surface area contributed by atoms with Crippen molar-refractivity contribution in [2.75, 3.05) is 0 Å². The Morgan fingerprint density at radius 1 is 1.00 bits per heavy atom. The minimum absolute atomic E-state index is 0.0156. The minimum atomic E-state index is -4.77. The van der Waals surface area contributed by atoms with E-state index in [1.165, 1.54) is 18.2 Å². The summed E-state index contributed by atoms with van der Waals surface area (Å²) in [4.78, 5) is 0. The number of furan rings is 1. The highest BCUT2D eigenvalue weighted by molar-refractivity contribution is 5.39. The normalized spacial score (nSPS) is 11.4. The molecule has 20 heavy (non-hydrogen) atoms. The third-order valence-electron chi connectivity index (χ3n) is 2.36. The zero-order chi connectivity index (χ0) is 14.6. The fraction of sp³-hybridized carbons (Fsp3) is 0.231. The van der Waals surface area contributed by atoms with Crippen LogP contribution >= 0.6 is 0 Å². The summed E-state index contributed by atoms with van der Waals surface area (Å²) in [7, 11) is 0. The Hall–Kier alpha value is -2.15. The molecule has 0 saturated carbocycles. The Morgan fingerprint density at radius 3 is 2.25 bits per heavy atom. The van der Waals surface area contributed by atoms with Crippen LogP contribution in [0.25, 0.3) is 0 Å². The van der Waals surface area contributed by atoms with Gasteiger partial charge in [-0.3, -0.25) is 0 Å². The van der Waals surface area contributed by atoms with Crippen molar-refractivity contribution in [3.05, 3.63) is 47.9 Å². The lowest BCUT2D eigenvalue weighted by Gasteiger charge is -2.13. The van der Waals surface area contributed by atoms with Gasteiger partial charge in [0.15, 0.2) is 11.5 Å². The highest BCUT2D eigenvalue weighted by atomic mass is 19.4. The summed E-state index contributed by atoms with van der Waals surface area (Å²) < 4.78 is 51.1. The topological polar surface area (TPSA) is 57.6 Å². The Balaban J connectivity index is 2.05. The van der Waals surface area contributed by atoms with E-state index in [2.05, 4.69) is 4.74 Å². The SMILES string of the molecule is NCc1ccc(COc2ccccc2OC(F)(F)F)o1. The summed E-state index contributed by atoms with van der Waals surface area (Å²) in [6.45, 7) is 0.228. The molecule has 4 nitrogen and oxygen atoms in total. The van der Waals surface area contributed by atoms with E-state index in [1.54, 1.807) is 18.2 Å². The van der Waals surface area contributed by atoms with Crippen molar-refractivity contribution in [3.8, 4) is 11.5 Å². The van der Waals surface area contributed by atoms with Crippen LogP contribution in [0.5, 0.6) is 11.5 Å². The van der Waals surface area contributed by atoms with Gasteiger partial charge in [0.25, 0.3) is 0 Å². The fourth-order valence-corrected chi connectivity index (χ4v) is 1.54. The molecule has 0 fully saturated rings. The first-order valence-corrected chi connectivity index (χ1v) is 5.73. The standard InChI is InChI=1S/C13H12F3NO3/c14-13(15,16)20-12-4-2-1-3-11(12)18-8-10-6-5-9(7-17)19-10/h1-6H,7-8,17H2. The van der Waals surface area contributed by atoms with Crippen LogP contribution < -0.4 is 15.2 Å². The summed E-state index contributed by atoms with van der Waals surface area (Å²) in [5.74, 6) is 0.622. The smallest absolute Gasteiger partial charge is 0.482 e. The van der Waals surface area contributed by atoms with Crippen molar-refractivity contribution >= 4 is 0 Å². The first-order valence-electron chi connectivity index (χ1n) is 5.73. The maximum atomic E-state index is 12.2. The molecule has 0 aliphatic carbocycles. The van der Waals surface area contributed by atoms with Crippen LogP contribution in [0.15, 0.2) is 40.8 Å². The number of rotatable bonds is 5. The summed E-state index contributed by atoms with van der Waals surface area (Å²) in [6.07, 6.45) is -4.77. The molecule has 1 aromatic carbocycles. The highest BCUT2D eigenvalue weighted by Crippen LogP contribution is 2.32. The first kappa shape index (κ1) is 14.3. The number of para-hydroxylation sites is 2. The van der Waals surface area contributed by atoms with Crippen LogP contribution in [-0.2, 0) is 13.2 Å². The molecule has 0 spiro atoms. The van der Waals surface area contributed by atoms with Gasteiger partial charge in [-0.1, -0.05) is 12.1 Å². The quantitative estimate of drug-likeness (QED) is 0.917. The third-order valence-corrected chi connectivity index (χ3v) is 2.36. The second kappa shape index (κ2) is 5.87. The number of alkyl halides is 3. The van der Waals surface area contributed by atoms with E-state index in [0.29, 0.717) is 11.5 Å². The average molecular weight is 287 g/mol. The van der Waals surface area contributed by atoms with E-state index >= 15 is 0 Å². The summed E-state index contributed by atoms with van der Waals surface area (Å²) >= 11 is 0. The minimum Gasteiger partial charge on any atom is -0.482 e. The number of benzene rings is 1. The van der Waals surface area contributed by atoms with E-state index in [0.717, 1.165) is 0 Å². The molecule has 0 bridgehead atoms. The number of hydrogen-bond acceptors (Lipinski definition) is 4. The molecule has 0 saturated heterocycles. The molecule has 0 atom stereocenters. The second-order valence-corrected chi connectivity index (χ2v) is 3.86. The fourth-order valence-electron chi connectivity index (χ4n) is 1.54. The molecule has 1 heterocycles. The molecule has 108 valence electrons. The Kier molecular flexibility index (Phi) is 4.19. The predicted octanol–water partition coefficient (Wildman–Crippen LogP) is 3.22. The Labute approximate surface area is 112 Å². The number of hydrogen-bond donors (Lipinski definition) is 1. The molecule has 2 aromatic rings. The van der Waals surface area contributed by atoms with Crippen LogP contribution in [0, 0.1) is 0 Å². The summed E-state index contributed by atoms with van der Waals surface area (Å²) in [6, 6.07) is 8.86. The molecule has 0 radical (unpaired) electrons. The zero-order valence-corrected chi connectivity index (χ0v) is 10.3. The highest BCUT2D eigenvalue weighted by Gasteiger charge is 2.32. The van der Waals surface area contributed by atoms with Crippen molar-refractivity contribution in [1.82, 2.24) is 0 Å². The Bertz CT molecular complexity index is 566. The van der Waals surface area contributed by atoms with Crippen LogP contribution in [0.4, 0.5) is 13.2 Å². The van der Waals surface area contributed by atoms with Gasteiger partial charge in [-0.15, -0.1) is 13.2 Å². The van der Waals surface area contributed by atoms with Gasteiger partial charge in [0, 0.05) is 0 Å². The maximum absolute atomic E-state index is 12.2. The van der Waals surface area contributed by atoms with Gasteiger partial charge < -0.3 is 19.6 Å². The number of halogens is 3. The first-order chi connectivity index (χ1) is 9.48. The molecule has 7 heteroatoms. The van der Waals surface area contributed by atoms with Crippen LogP contribution in [0.2, 0.25) is 0 Å². The summed E-state index contributed by atoms with van der Waals surface area (Å²) in [5.41, 5.74) is 5.38. The molecule has 0 aliphatic heterocycles. The van der Waals surface area contributed by atoms with Crippen molar-refractivity contribution in [3.63, 3.8) is 0 Å². The molecule has 2 N–H and O–H groups in total. The van der Waals surface area contributed by atoms with Crippen molar-refractivity contribution in [1.29, 1.82) is 0 Å². The van der Waals surface area contributed by atoms with E-state index < -0.39 is 12.1 Å². The van der Waals surface area contributed by atoms with E-state index in [1.807, 2.05) is 0 Å². The van der Waals surface area contributed by atoms with Gasteiger partial charge in [0.1, 0.15) is 18.1 Å². The summed E-state index contributed by atoms with van der Waals surface area (Å²) in [5, 5.41) is 0. The molecule has 0 unspecified atom stereocenters. The van der Waals surface area contributed by atoms with Crippen molar-refractivity contribution in [2.45, 2.75) is 19.5 Å². The van der Waals surface area contributed by atoms with E-state index in [9.17, 15) is 13.2 Å². The monoisotopic (exact) mass is 287 g/mol. The molecule has 0 aliphatic rings. The van der Waals surface area contributed by atoms with Gasteiger partial charge in [0.05, 0.1) is 6.54 Å².